The zero-order valence-electron chi connectivity index (χ0n) is 15.7. The van der Waals surface area contributed by atoms with Gasteiger partial charge in [0.2, 0.25) is 0 Å². The Morgan fingerprint density at radius 3 is 2.32 bits per heavy atom. The molecule has 0 spiro atoms. The number of carbonyl (C=O) groups is 1. The SMILES string of the molecule is CC1CCC(COC2CCC(C(=O)OC3CCC4OC4C3)CC2)CC1. The first-order chi connectivity index (χ1) is 12.2. The molecule has 4 fully saturated rings. The lowest BCUT2D eigenvalue weighted by Crippen LogP contribution is -2.32. The fraction of sp³-hybridized carbons (Fsp3) is 0.952. The zero-order valence-corrected chi connectivity index (χ0v) is 15.7. The van der Waals surface area contributed by atoms with E-state index in [-0.39, 0.29) is 18.0 Å². The van der Waals surface area contributed by atoms with Crippen molar-refractivity contribution in [3.05, 3.63) is 0 Å². The molecule has 3 saturated carbocycles. The molecule has 3 aliphatic carbocycles. The number of hydrogen-bond acceptors (Lipinski definition) is 4. The average Bonchev–Trinajstić information content (AvgIpc) is 3.40. The normalized spacial score (nSPS) is 44.0. The predicted molar refractivity (Wildman–Crippen MR) is 95.2 cm³/mol. The average molecular weight is 350 g/mol. The van der Waals surface area contributed by atoms with Crippen LogP contribution >= 0.6 is 0 Å². The molecule has 3 unspecified atom stereocenters. The number of epoxide rings is 1. The fourth-order valence-corrected chi connectivity index (χ4v) is 4.97. The van der Waals surface area contributed by atoms with Crippen LogP contribution in [0.4, 0.5) is 0 Å². The monoisotopic (exact) mass is 350 g/mol. The Hall–Kier alpha value is -0.610. The van der Waals surface area contributed by atoms with Crippen LogP contribution in [-0.4, -0.2) is 37.0 Å². The maximum absolute atomic E-state index is 12.4. The Balaban J connectivity index is 1.12. The van der Waals surface area contributed by atoms with Crippen molar-refractivity contribution >= 4 is 5.97 Å². The van der Waals surface area contributed by atoms with Crippen LogP contribution in [0.3, 0.4) is 0 Å². The van der Waals surface area contributed by atoms with Crippen molar-refractivity contribution in [2.75, 3.05) is 6.61 Å². The van der Waals surface area contributed by atoms with E-state index in [2.05, 4.69) is 6.92 Å². The van der Waals surface area contributed by atoms with Crippen LogP contribution in [0.5, 0.6) is 0 Å². The molecule has 4 aliphatic rings. The Labute approximate surface area is 152 Å². The Morgan fingerprint density at radius 1 is 0.880 bits per heavy atom. The highest BCUT2D eigenvalue weighted by molar-refractivity contribution is 5.72. The lowest BCUT2D eigenvalue weighted by molar-refractivity contribution is -0.157. The summed E-state index contributed by atoms with van der Waals surface area (Å²) in [5.41, 5.74) is 0. The molecule has 0 bridgehead atoms. The van der Waals surface area contributed by atoms with Gasteiger partial charge in [-0.2, -0.15) is 0 Å². The number of ether oxygens (including phenoxy) is 3. The van der Waals surface area contributed by atoms with E-state index < -0.39 is 0 Å². The lowest BCUT2D eigenvalue weighted by Gasteiger charge is -2.31. The molecule has 1 aliphatic heterocycles. The van der Waals surface area contributed by atoms with Gasteiger partial charge in [-0.1, -0.05) is 19.8 Å². The van der Waals surface area contributed by atoms with Gasteiger partial charge < -0.3 is 14.2 Å². The summed E-state index contributed by atoms with van der Waals surface area (Å²) in [5.74, 6) is 1.79. The number of carbonyl (C=O) groups excluding carboxylic acids is 1. The molecule has 0 aromatic heterocycles. The molecule has 0 aromatic rings. The third-order valence-corrected chi connectivity index (χ3v) is 6.95. The number of fused-ring (bicyclic) bond motifs is 1. The van der Waals surface area contributed by atoms with Gasteiger partial charge in [0.05, 0.1) is 24.2 Å². The number of hydrogen-bond donors (Lipinski definition) is 0. The van der Waals surface area contributed by atoms with Gasteiger partial charge in [0.15, 0.2) is 0 Å². The molecule has 25 heavy (non-hydrogen) atoms. The minimum absolute atomic E-state index is 0.0313. The molecule has 1 heterocycles. The molecule has 142 valence electrons. The van der Waals surface area contributed by atoms with E-state index in [0.717, 1.165) is 63.4 Å². The summed E-state index contributed by atoms with van der Waals surface area (Å²) in [7, 11) is 0. The molecule has 1 saturated heterocycles. The lowest BCUT2D eigenvalue weighted by atomic mass is 9.83. The second-order valence-electron chi connectivity index (χ2n) is 9.02. The van der Waals surface area contributed by atoms with E-state index in [1.165, 1.54) is 25.7 Å². The van der Waals surface area contributed by atoms with Gasteiger partial charge in [0.25, 0.3) is 0 Å². The molecule has 0 radical (unpaired) electrons. The smallest absolute Gasteiger partial charge is 0.309 e. The molecule has 4 nitrogen and oxygen atoms in total. The van der Waals surface area contributed by atoms with Crippen LogP contribution in [0.15, 0.2) is 0 Å². The maximum atomic E-state index is 12.4. The summed E-state index contributed by atoms with van der Waals surface area (Å²) in [6.45, 7) is 3.29. The minimum atomic E-state index is 0.0313. The highest BCUT2D eigenvalue weighted by atomic mass is 16.6. The Bertz CT molecular complexity index is 449. The summed E-state index contributed by atoms with van der Waals surface area (Å²) in [6.07, 6.45) is 13.5. The maximum Gasteiger partial charge on any atom is 0.309 e. The third kappa shape index (κ3) is 4.77. The van der Waals surface area contributed by atoms with Crippen molar-refractivity contribution in [3.8, 4) is 0 Å². The molecular formula is C21H34O4. The van der Waals surface area contributed by atoms with E-state index in [0.29, 0.717) is 18.3 Å². The van der Waals surface area contributed by atoms with Crippen LogP contribution in [0, 0.1) is 17.8 Å². The van der Waals surface area contributed by atoms with E-state index in [4.69, 9.17) is 14.2 Å². The quantitative estimate of drug-likeness (QED) is 0.549. The highest BCUT2D eigenvalue weighted by Crippen LogP contribution is 2.38. The summed E-state index contributed by atoms with van der Waals surface area (Å²) in [4.78, 5) is 12.4. The molecule has 4 heteroatoms. The van der Waals surface area contributed by atoms with Crippen molar-refractivity contribution in [3.63, 3.8) is 0 Å². The van der Waals surface area contributed by atoms with Crippen molar-refractivity contribution in [2.45, 2.75) is 102 Å². The highest BCUT2D eigenvalue weighted by Gasteiger charge is 2.45. The van der Waals surface area contributed by atoms with Gasteiger partial charge in [0, 0.05) is 13.0 Å². The van der Waals surface area contributed by atoms with E-state index in [1.807, 2.05) is 0 Å². The van der Waals surface area contributed by atoms with Crippen LogP contribution in [0.25, 0.3) is 0 Å². The molecule has 0 amide bonds. The van der Waals surface area contributed by atoms with Gasteiger partial charge in [0.1, 0.15) is 6.10 Å². The number of rotatable bonds is 5. The number of esters is 1. The first-order valence-electron chi connectivity index (χ1n) is 10.6. The van der Waals surface area contributed by atoms with Gasteiger partial charge in [-0.05, 0) is 63.2 Å². The first-order valence-corrected chi connectivity index (χ1v) is 10.6. The van der Waals surface area contributed by atoms with Crippen molar-refractivity contribution < 1.29 is 19.0 Å². The van der Waals surface area contributed by atoms with E-state index in [1.54, 1.807) is 0 Å². The minimum Gasteiger partial charge on any atom is -0.462 e. The molecule has 3 atom stereocenters. The molecule has 0 aromatic carbocycles. The van der Waals surface area contributed by atoms with Gasteiger partial charge in [-0.3, -0.25) is 4.79 Å². The molecular weight excluding hydrogens is 316 g/mol. The van der Waals surface area contributed by atoms with Crippen molar-refractivity contribution in [1.82, 2.24) is 0 Å². The zero-order chi connectivity index (χ0) is 17.2. The summed E-state index contributed by atoms with van der Waals surface area (Å²) in [5, 5.41) is 0. The summed E-state index contributed by atoms with van der Waals surface area (Å²) < 4.78 is 17.5. The summed E-state index contributed by atoms with van der Waals surface area (Å²) in [6, 6.07) is 0. The Morgan fingerprint density at radius 2 is 1.60 bits per heavy atom. The predicted octanol–water partition coefficient (Wildman–Crippen LogP) is 4.25. The van der Waals surface area contributed by atoms with E-state index in [9.17, 15) is 4.79 Å². The van der Waals surface area contributed by atoms with Gasteiger partial charge >= 0.3 is 5.97 Å². The van der Waals surface area contributed by atoms with E-state index >= 15 is 0 Å². The third-order valence-electron chi connectivity index (χ3n) is 6.95. The topological polar surface area (TPSA) is 48.1 Å². The largest absolute Gasteiger partial charge is 0.462 e. The first kappa shape index (κ1) is 17.8. The van der Waals surface area contributed by atoms with Crippen molar-refractivity contribution in [1.29, 1.82) is 0 Å². The Kier molecular flexibility index (Phi) is 5.66. The molecule has 4 rings (SSSR count). The van der Waals surface area contributed by atoms with Crippen LogP contribution in [0.2, 0.25) is 0 Å². The second kappa shape index (κ2) is 7.96. The second-order valence-corrected chi connectivity index (χ2v) is 9.02. The van der Waals surface area contributed by atoms with Crippen LogP contribution in [0.1, 0.15) is 77.6 Å². The van der Waals surface area contributed by atoms with Gasteiger partial charge in [-0.15, -0.1) is 0 Å². The molecule has 0 N–H and O–H groups in total. The van der Waals surface area contributed by atoms with Crippen LogP contribution in [-0.2, 0) is 19.0 Å². The van der Waals surface area contributed by atoms with Crippen molar-refractivity contribution in [2.24, 2.45) is 17.8 Å². The fourth-order valence-electron chi connectivity index (χ4n) is 4.97. The van der Waals surface area contributed by atoms with Crippen LogP contribution < -0.4 is 0 Å². The van der Waals surface area contributed by atoms with Gasteiger partial charge in [-0.25, -0.2) is 0 Å². The summed E-state index contributed by atoms with van der Waals surface area (Å²) >= 11 is 0. The standard InChI is InChI=1S/C21H34O4/c1-14-2-4-15(5-3-14)13-23-17-8-6-16(7-9-17)21(22)24-18-10-11-19-20(12-18)25-19/h14-20H,2-13H2,1H3.